The van der Waals surface area contributed by atoms with Gasteiger partial charge in [0.05, 0.1) is 23.5 Å². The van der Waals surface area contributed by atoms with Gasteiger partial charge in [0.1, 0.15) is 0 Å². The molecule has 3 N–H and O–H groups in total. The highest BCUT2D eigenvalue weighted by Crippen LogP contribution is 2.25. The van der Waals surface area contributed by atoms with Crippen LogP contribution in [-0.2, 0) is 14.8 Å². The third kappa shape index (κ3) is 5.97. The molecule has 7 nitrogen and oxygen atoms in total. The zero-order valence-corrected chi connectivity index (χ0v) is 16.6. The molecule has 0 aliphatic carbocycles. The molecular weight excluding hydrogens is 390 g/mol. The third-order valence-electron chi connectivity index (χ3n) is 3.60. The van der Waals surface area contributed by atoms with E-state index in [9.17, 15) is 18.0 Å². The Kier molecular flexibility index (Phi) is 6.45. The molecule has 0 aliphatic rings. The zero-order valence-electron chi connectivity index (χ0n) is 15.0. The number of halogens is 1. The van der Waals surface area contributed by atoms with Crippen LogP contribution in [0.1, 0.15) is 35.8 Å². The van der Waals surface area contributed by atoms with Gasteiger partial charge in [-0.3, -0.25) is 14.3 Å². The van der Waals surface area contributed by atoms with Crippen molar-refractivity contribution >= 4 is 44.8 Å². The summed E-state index contributed by atoms with van der Waals surface area (Å²) in [6.07, 6.45) is 0.989. The van der Waals surface area contributed by atoms with Gasteiger partial charge in [-0.25, -0.2) is 8.42 Å². The Bertz CT molecular complexity index is 976. The van der Waals surface area contributed by atoms with Gasteiger partial charge in [-0.05, 0) is 36.8 Å². The first-order chi connectivity index (χ1) is 12.6. The van der Waals surface area contributed by atoms with Crippen LogP contribution >= 0.6 is 11.6 Å². The largest absolute Gasteiger partial charge is 0.345 e. The Labute approximate surface area is 163 Å². The lowest BCUT2D eigenvalue weighted by atomic mass is 10.1. The van der Waals surface area contributed by atoms with E-state index < -0.39 is 22.0 Å². The van der Waals surface area contributed by atoms with Gasteiger partial charge in [0.25, 0.3) is 5.91 Å². The number of carbonyl (C=O) groups is 2. The predicted molar refractivity (Wildman–Crippen MR) is 107 cm³/mol. The fourth-order valence-electron chi connectivity index (χ4n) is 2.48. The fraction of sp³-hybridized carbons (Fsp3) is 0.222. The molecule has 0 aliphatic heterocycles. The van der Waals surface area contributed by atoms with E-state index in [4.69, 9.17) is 11.6 Å². The molecule has 9 heteroatoms. The van der Waals surface area contributed by atoms with Crippen LogP contribution in [0.5, 0.6) is 0 Å². The minimum Gasteiger partial charge on any atom is -0.345 e. The van der Waals surface area contributed by atoms with Crippen LogP contribution < -0.4 is 15.4 Å². The Morgan fingerprint density at radius 2 is 1.78 bits per heavy atom. The SMILES string of the molecule is CC(=O)Nc1ccc(NS(C)(=O)=O)c(C(=O)NC(C)c2ccccc2Cl)c1. The van der Waals surface area contributed by atoms with Crippen LogP contribution in [0.15, 0.2) is 42.5 Å². The summed E-state index contributed by atoms with van der Waals surface area (Å²) in [4.78, 5) is 24.1. The lowest BCUT2D eigenvalue weighted by Crippen LogP contribution is -2.28. The van der Waals surface area contributed by atoms with Crippen LogP contribution in [0.3, 0.4) is 0 Å². The number of hydrogen-bond donors (Lipinski definition) is 3. The molecule has 0 saturated carbocycles. The minimum absolute atomic E-state index is 0.0746. The number of nitrogens with one attached hydrogen (secondary N) is 3. The summed E-state index contributed by atoms with van der Waals surface area (Å²) in [6.45, 7) is 3.10. The summed E-state index contributed by atoms with van der Waals surface area (Å²) in [6, 6.07) is 11.0. The average molecular weight is 410 g/mol. The van der Waals surface area contributed by atoms with Gasteiger partial charge in [0.15, 0.2) is 0 Å². The van der Waals surface area contributed by atoms with Crippen molar-refractivity contribution in [2.45, 2.75) is 19.9 Å². The number of hydrogen-bond acceptors (Lipinski definition) is 4. The van der Waals surface area contributed by atoms with Gasteiger partial charge in [-0.2, -0.15) is 0 Å². The minimum atomic E-state index is -3.59. The molecule has 0 saturated heterocycles. The average Bonchev–Trinajstić information content (AvgIpc) is 2.54. The van der Waals surface area contributed by atoms with Gasteiger partial charge >= 0.3 is 0 Å². The highest BCUT2D eigenvalue weighted by Gasteiger charge is 2.19. The van der Waals surface area contributed by atoms with E-state index in [0.29, 0.717) is 10.7 Å². The summed E-state index contributed by atoms with van der Waals surface area (Å²) in [5.41, 5.74) is 1.28. The first-order valence-corrected chi connectivity index (χ1v) is 10.3. The number of anilines is 2. The molecule has 1 unspecified atom stereocenters. The molecule has 0 spiro atoms. The van der Waals surface area contributed by atoms with Crippen molar-refractivity contribution in [1.82, 2.24) is 5.32 Å². The normalized spacial score (nSPS) is 12.1. The highest BCUT2D eigenvalue weighted by atomic mass is 35.5. The van der Waals surface area contributed by atoms with Crippen molar-refractivity contribution in [2.75, 3.05) is 16.3 Å². The van der Waals surface area contributed by atoms with Crippen LogP contribution in [0, 0.1) is 0 Å². The topological polar surface area (TPSA) is 104 Å². The van der Waals surface area contributed by atoms with Crippen molar-refractivity contribution in [1.29, 1.82) is 0 Å². The van der Waals surface area contributed by atoms with E-state index in [1.165, 1.54) is 25.1 Å². The third-order valence-corrected chi connectivity index (χ3v) is 4.53. The Hall–Kier alpha value is -2.58. The number of amides is 2. The fourth-order valence-corrected chi connectivity index (χ4v) is 3.36. The molecule has 0 fully saturated rings. The Morgan fingerprint density at radius 1 is 1.11 bits per heavy atom. The number of rotatable bonds is 6. The van der Waals surface area contributed by atoms with Crippen LogP contribution in [0.4, 0.5) is 11.4 Å². The predicted octanol–water partition coefficient (Wildman–Crippen LogP) is 3.16. The number of benzene rings is 2. The Morgan fingerprint density at radius 3 is 2.37 bits per heavy atom. The van der Waals surface area contributed by atoms with E-state index in [1.807, 2.05) is 0 Å². The van der Waals surface area contributed by atoms with E-state index in [1.54, 1.807) is 31.2 Å². The molecule has 0 aromatic heterocycles. The quantitative estimate of drug-likeness (QED) is 0.681. The van der Waals surface area contributed by atoms with Crippen molar-refractivity contribution in [3.8, 4) is 0 Å². The van der Waals surface area contributed by atoms with E-state index in [2.05, 4.69) is 15.4 Å². The molecule has 0 bridgehead atoms. The van der Waals surface area contributed by atoms with E-state index >= 15 is 0 Å². The van der Waals surface area contributed by atoms with Crippen LogP contribution in [0.25, 0.3) is 0 Å². The lowest BCUT2D eigenvalue weighted by molar-refractivity contribution is -0.114. The van der Waals surface area contributed by atoms with Gasteiger partial charge in [-0.15, -0.1) is 0 Å². The summed E-state index contributed by atoms with van der Waals surface area (Å²) >= 11 is 6.16. The molecule has 0 radical (unpaired) electrons. The molecule has 2 rings (SSSR count). The van der Waals surface area contributed by atoms with E-state index in [0.717, 1.165) is 11.8 Å². The molecule has 2 aromatic carbocycles. The molecule has 1 atom stereocenters. The zero-order chi connectivity index (χ0) is 20.2. The second-order valence-corrected chi connectivity index (χ2v) is 8.19. The maximum atomic E-state index is 12.8. The van der Waals surface area contributed by atoms with Gasteiger partial charge in [-0.1, -0.05) is 29.8 Å². The van der Waals surface area contributed by atoms with Crippen molar-refractivity contribution in [3.05, 3.63) is 58.6 Å². The molecule has 2 aromatic rings. The molecule has 0 heterocycles. The molecule has 144 valence electrons. The summed E-state index contributed by atoms with van der Waals surface area (Å²) < 4.78 is 25.5. The first kappa shape index (κ1) is 20.7. The molecule has 27 heavy (non-hydrogen) atoms. The number of carbonyl (C=O) groups excluding carboxylic acids is 2. The smallest absolute Gasteiger partial charge is 0.253 e. The van der Waals surface area contributed by atoms with Crippen LogP contribution in [-0.4, -0.2) is 26.5 Å². The summed E-state index contributed by atoms with van der Waals surface area (Å²) in [5, 5.41) is 5.86. The van der Waals surface area contributed by atoms with Crippen molar-refractivity contribution < 1.29 is 18.0 Å². The molecule has 2 amide bonds. The van der Waals surface area contributed by atoms with Crippen molar-refractivity contribution in [3.63, 3.8) is 0 Å². The van der Waals surface area contributed by atoms with Gasteiger partial charge < -0.3 is 10.6 Å². The van der Waals surface area contributed by atoms with Crippen LogP contribution in [0.2, 0.25) is 5.02 Å². The summed E-state index contributed by atoms with van der Waals surface area (Å²) in [5.74, 6) is -0.824. The Balaban J connectivity index is 2.36. The second kappa shape index (κ2) is 8.41. The monoisotopic (exact) mass is 409 g/mol. The van der Waals surface area contributed by atoms with Crippen molar-refractivity contribution in [2.24, 2.45) is 0 Å². The lowest BCUT2D eigenvalue weighted by Gasteiger charge is -2.18. The number of sulfonamides is 1. The van der Waals surface area contributed by atoms with Gasteiger partial charge in [0, 0.05) is 17.6 Å². The maximum Gasteiger partial charge on any atom is 0.253 e. The maximum absolute atomic E-state index is 12.8. The summed E-state index contributed by atoms with van der Waals surface area (Å²) in [7, 11) is -3.59. The molecular formula is C18H20ClN3O4S. The van der Waals surface area contributed by atoms with Gasteiger partial charge in [0.2, 0.25) is 15.9 Å². The first-order valence-electron chi connectivity index (χ1n) is 8.01. The van der Waals surface area contributed by atoms with E-state index in [-0.39, 0.29) is 17.2 Å². The standard InChI is InChI=1S/C18H20ClN3O4S/c1-11(14-6-4-5-7-16(14)19)20-18(24)15-10-13(21-12(2)23)8-9-17(15)22-27(3,25)26/h4-11,22H,1-3H3,(H,20,24)(H,21,23). The second-order valence-electron chi connectivity index (χ2n) is 6.03. The highest BCUT2D eigenvalue weighted by molar-refractivity contribution is 7.92.